The Morgan fingerprint density at radius 3 is 3.00 bits per heavy atom. The molecule has 0 bridgehead atoms. The van der Waals surface area contributed by atoms with E-state index in [0.717, 1.165) is 33.7 Å². The summed E-state index contributed by atoms with van der Waals surface area (Å²) in [5.41, 5.74) is 0.660. The van der Waals surface area contributed by atoms with Crippen LogP contribution >= 0.6 is 11.3 Å². The molecule has 0 radical (unpaired) electrons. The number of hydrogen-bond acceptors (Lipinski definition) is 6. The van der Waals surface area contributed by atoms with Gasteiger partial charge in [-0.3, -0.25) is 9.59 Å². The number of nitrogens with one attached hydrogen (secondary N) is 2. The standard InChI is InChI=1S/C21H21N3O5S/c1-12(18(25)22-10-13-4-5-15-16(9-13)29-11-28-15)24-19(26)21(23-20(24)27)7-2-3-17-14(21)6-8-30-17/h4-6,8-9,12H,2-3,7,10-11H2,1H3,(H,22,25)(H,23,27). The monoisotopic (exact) mass is 427 g/mol. The minimum absolute atomic E-state index is 0.182. The minimum Gasteiger partial charge on any atom is -0.454 e. The molecular weight excluding hydrogens is 406 g/mol. The molecule has 9 heteroatoms. The molecule has 8 nitrogen and oxygen atoms in total. The number of urea groups is 1. The van der Waals surface area contributed by atoms with E-state index < -0.39 is 23.5 Å². The zero-order valence-electron chi connectivity index (χ0n) is 16.4. The largest absolute Gasteiger partial charge is 0.454 e. The van der Waals surface area contributed by atoms with Gasteiger partial charge in [0.2, 0.25) is 12.7 Å². The number of benzene rings is 1. The Morgan fingerprint density at radius 2 is 2.13 bits per heavy atom. The van der Waals surface area contributed by atoms with Gasteiger partial charge >= 0.3 is 6.03 Å². The lowest BCUT2D eigenvalue weighted by Gasteiger charge is -2.31. The van der Waals surface area contributed by atoms with Crippen LogP contribution in [-0.4, -0.2) is 35.6 Å². The van der Waals surface area contributed by atoms with Gasteiger partial charge in [0, 0.05) is 17.0 Å². The van der Waals surface area contributed by atoms with Crippen LogP contribution in [0.2, 0.25) is 0 Å². The van der Waals surface area contributed by atoms with Gasteiger partial charge in [-0.15, -0.1) is 11.3 Å². The first-order valence-corrected chi connectivity index (χ1v) is 10.8. The fourth-order valence-electron chi connectivity index (χ4n) is 4.37. The van der Waals surface area contributed by atoms with E-state index in [2.05, 4.69) is 10.6 Å². The third-order valence-corrected chi connectivity index (χ3v) is 6.94. The maximum Gasteiger partial charge on any atom is 0.326 e. The summed E-state index contributed by atoms with van der Waals surface area (Å²) in [6, 6.07) is 5.89. The molecule has 1 fully saturated rings. The number of ether oxygens (including phenoxy) is 2. The van der Waals surface area contributed by atoms with Crippen LogP contribution in [0.5, 0.6) is 11.5 Å². The second kappa shape index (κ2) is 7.02. The van der Waals surface area contributed by atoms with Gasteiger partial charge in [0.05, 0.1) is 0 Å². The Bertz CT molecular complexity index is 1050. The smallest absolute Gasteiger partial charge is 0.326 e. The number of carbonyl (C=O) groups excluding carboxylic acids is 3. The number of hydrogen-bond donors (Lipinski definition) is 2. The number of imide groups is 1. The van der Waals surface area contributed by atoms with Crippen LogP contribution in [0.25, 0.3) is 0 Å². The molecule has 2 aromatic rings. The number of thiophene rings is 1. The van der Waals surface area contributed by atoms with Crippen LogP contribution < -0.4 is 20.1 Å². The molecule has 1 aromatic carbocycles. The average molecular weight is 427 g/mol. The van der Waals surface area contributed by atoms with Crippen LogP contribution in [0.1, 0.15) is 35.8 Å². The summed E-state index contributed by atoms with van der Waals surface area (Å²) in [6.45, 7) is 2.01. The maximum atomic E-state index is 13.3. The lowest BCUT2D eigenvalue weighted by Crippen LogP contribution is -2.50. The quantitative estimate of drug-likeness (QED) is 0.730. The van der Waals surface area contributed by atoms with Crippen molar-refractivity contribution >= 4 is 29.2 Å². The van der Waals surface area contributed by atoms with Crippen LogP contribution in [0.15, 0.2) is 29.6 Å². The normalized spacial score (nSPS) is 22.8. The number of carbonyl (C=O) groups is 3. The molecule has 2 N–H and O–H groups in total. The second-order valence-corrected chi connectivity index (χ2v) is 8.70. The SMILES string of the molecule is CC(C(=O)NCc1ccc2c(c1)OCO2)N1C(=O)NC2(CCCc3sccc32)C1=O. The molecule has 2 atom stereocenters. The Kier molecular flexibility index (Phi) is 4.43. The number of rotatable bonds is 4. The molecule has 4 amide bonds. The first-order chi connectivity index (χ1) is 14.5. The molecule has 1 aromatic heterocycles. The molecular formula is C21H21N3O5S. The molecule has 5 rings (SSSR count). The third-order valence-electron chi connectivity index (χ3n) is 5.95. The highest BCUT2D eigenvalue weighted by Crippen LogP contribution is 2.42. The van der Waals surface area contributed by atoms with Gasteiger partial charge in [-0.2, -0.15) is 0 Å². The molecule has 0 saturated carbocycles. The summed E-state index contributed by atoms with van der Waals surface area (Å²) in [4.78, 5) is 41.0. The van der Waals surface area contributed by atoms with Crippen molar-refractivity contribution in [2.24, 2.45) is 0 Å². The van der Waals surface area contributed by atoms with Gasteiger partial charge in [-0.05, 0) is 55.3 Å². The highest BCUT2D eigenvalue weighted by molar-refractivity contribution is 7.10. The first kappa shape index (κ1) is 18.9. The topological polar surface area (TPSA) is 97.0 Å². The summed E-state index contributed by atoms with van der Waals surface area (Å²) in [7, 11) is 0. The molecule has 30 heavy (non-hydrogen) atoms. The van der Waals surface area contributed by atoms with E-state index in [0.29, 0.717) is 17.9 Å². The Labute approximate surface area is 177 Å². The van der Waals surface area contributed by atoms with E-state index in [1.165, 1.54) is 0 Å². The third kappa shape index (κ3) is 2.84. The highest BCUT2D eigenvalue weighted by Gasteiger charge is 2.56. The van der Waals surface area contributed by atoms with Gasteiger partial charge in [-0.1, -0.05) is 6.07 Å². The van der Waals surface area contributed by atoms with Gasteiger partial charge in [-0.25, -0.2) is 9.69 Å². The number of amides is 4. The summed E-state index contributed by atoms with van der Waals surface area (Å²) in [5, 5.41) is 7.63. The van der Waals surface area contributed by atoms with Crippen molar-refractivity contribution in [1.82, 2.24) is 15.5 Å². The summed E-state index contributed by atoms with van der Waals surface area (Å²) >= 11 is 1.60. The Morgan fingerprint density at radius 1 is 1.30 bits per heavy atom. The van der Waals surface area contributed by atoms with Gasteiger partial charge in [0.25, 0.3) is 5.91 Å². The van der Waals surface area contributed by atoms with Crippen LogP contribution in [0.4, 0.5) is 4.79 Å². The van der Waals surface area contributed by atoms with E-state index >= 15 is 0 Å². The molecule has 3 aliphatic rings. The Balaban J connectivity index is 1.30. The van der Waals surface area contributed by atoms with E-state index in [9.17, 15) is 14.4 Å². The lowest BCUT2D eigenvalue weighted by atomic mass is 9.80. The molecule has 1 aliphatic carbocycles. The Hall–Kier alpha value is -3.07. The van der Waals surface area contributed by atoms with Crippen molar-refractivity contribution in [2.75, 3.05) is 6.79 Å². The summed E-state index contributed by atoms with van der Waals surface area (Å²) in [5.74, 6) is 0.560. The predicted molar refractivity (Wildman–Crippen MR) is 108 cm³/mol. The van der Waals surface area contributed by atoms with Crippen molar-refractivity contribution in [3.63, 3.8) is 0 Å². The minimum atomic E-state index is -1.05. The zero-order chi connectivity index (χ0) is 20.9. The average Bonchev–Trinajstić information content (AvgIpc) is 3.45. The van der Waals surface area contributed by atoms with E-state index in [4.69, 9.17) is 9.47 Å². The van der Waals surface area contributed by atoms with Crippen LogP contribution in [0.3, 0.4) is 0 Å². The van der Waals surface area contributed by atoms with E-state index in [-0.39, 0.29) is 19.2 Å². The van der Waals surface area contributed by atoms with Crippen LogP contribution in [-0.2, 0) is 28.1 Å². The van der Waals surface area contributed by atoms with Crippen molar-refractivity contribution in [2.45, 2.75) is 44.3 Å². The zero-order valence-corrected chi connectivity index (χ0v) is 17.2. The van der Waals surface area contributed by atoms with Crippen molar-refractivity contribution in [3.05, 3.63) is 45.6 Å². The molecule has 1 spiro atoms. The lowest BCUT2D eigenvalue weighted by molar-refractivity contribution is -0.138. The molecule has 2 aliphatic heterocycles. The fourth-order valence-corrected chi connectivity index (χ4v) is 5.37. The summed E-state index contributed by atoms with van der Waals surface area (Å²) in [6.07, 6.45) is 2.27. The van der Waals surface area contributed by atoms with Crippen molar-refractivity contribution in [3.8, 4) is 11.5 Å². The second-order valence-electron chi connectivity index (χ2n) is 7.70. The maximum absolute atomic E-state index is 13.3. The number of aryl methyl sites for hydroxylation is 1. The number of nitrogens with zero attached hydrogens (tertiary/aromatic N) is 1. The molecule has 1 saturated heterocycles. The van der Waals surface area contributed by atoms with E-state index in [1.807, 2.05) is 17.5 Å². The molecule has 2 unspecified atom stereocenters. The van der Waals surface area contributed by atoms with Crippen LogP contribution in [0, 0.1) is 0 Å². The molecule has 156 valence electrons. The van der Waals surface area contributed by atoms with Crippen molar-refractivity contribution in [1.29, 1.82) is 0 Å². The first-order valence-electron chi connectivity index (χ1n) is 9.88. The predicted octanol–water partition coefficient (Wildman–Crippen LogP) is 2.27. The van der Waals surface area contributed by atoms with Gasteiger partial charge < -0.3 is 20.1 Å². The number of fused-ring (bicyclic) bond motifs is 3. The highest BCUT2D eigenvalue weighted by atomic mass is 32.1. The molecule has 3 heterocycles. The van der Waals surface area contributed by atoms with Crippen molar-refractivity contribution < 1.29 is 23.9 Å². The van der Waals surface area contributed by atoms with Gasteiger partial charge in [0.1, 0.15) is 11.6 Å². The summed E-state index contributed by atoms with van der Waals surface area (Å²) < 4.78 is 10.6. The van der Waals surface area contributed by atoms with Gasteiger partial charge in [0.15, 0.2) is 11.5 Å². The van der Waals surface area contributed by atoms with E-state index in [1.54, 1.807) is 30.4 Å². The fraction of sp³-hybridized carbons (Fsp3) is 0.381.